The standard InChI is InChI=1S/C15H23NO4/c1-4-19-14(18)15(3,16)9-11(2)20-13-7-5-6-12(8-13)10-17/h5-8,11,17H,4,9-10,16H2,1-3H3. The monoisotopic (exact) mass is 281 g/mol. The van der Waals surface area contributed by atoms with Crippen LogP contribution >= 0.6 is 0 Å². The van der Waals surface area contributed by atoms with E-state index in [2.05, 4.69) is 0 Å². The van der Waals surface area contributed by atoms with Crippen molar-refractivity contribution in [3.63, 3.8) is 0 Å². The number of hydrogen-bond donors (Lipinski definition) is 2. The van der Waals surface area contributed by atoms with Gasteiger partial charge in [-0.15, -0.1) is 0 Å². The molecule has 1 aromatic carbocycles. The number of aliphatic hydroxyl groups is 1. The molecule has 0 radical (unpaired) electrons. The molecule has 5 heteroatoms. The van der Waals surface area contributed by atoms with Crippen LogP contribution < -0.4 is 10.5 Å². The highest BCUT2D eigenvalue weighted by atomic mass is 16.5. The quantitative estimate of drug-likeness (QED) is 0.742. The van der Waals surface area contributed by atoms with Crippen molar-refractivity contribution in [2.75, 3.05) is 6.61 Å². The molecule has 20 heavy (non-hydrogen) atoms. The van der Waals surface area contributed by atoms with Crippen molar-refractivity contribution in [1.82, 2.24) is 0 Å². The first kappa shape index (κ1) is 16.5. The molecule has 0 saturated heterocycles. The van der Waals surface area contributed by atoms with Crippen molar-refractivity contribution >= 4 is 5.97 Å². The van der Waals surface area contributed by atoms with Crippen LogP contribution in [-0.4, -0.2) is 29.3 Å². The van der Waals surface area contributed by atoms with Gasteiger partial charge in [0.15, 0.2) is 0 Å². The Morgan fingerprint density at radius 3 is 2.80 bits per heavy atom. The molecule has 5 nitrogen and oxygen atoms in total. The summed E-state index contributed by atoms with van der Waals surface area (Å²) >= 11 is 0. The molecule has 0 aliphatic heterocycles. The third-order valence-corrected chi connectivity index (χ3v) is 2.87. The smallest absolute Gasteiger partial charge is 0.325 e. The zero-order valence-electron chi connectivity index (χ0n) is 12.3. The Morgan fingerprint density at radius 1 is 1.50 bits per heavy atom. The van der Waals surface area contributed by atoms with Gasteiger partial charge < -0.3 is 20.3 Å². The molecule has 0 aromatic heterocycles. The second-order valence-corrected chi connectivity index (χ2v) is 5.08. The minimum atomic E-state index is -1.08. The first-order valence-electron chi connectivity index (χ1n) is 6.71. The van der Waals surface area contributed by atoms with Crippen LogP contribution in [0.5, 0.6) is 5.75 Å². The molecule has 0 saturated carbocycles. The van der Waals surface area contributed by atoms with Crippen molar-refractivity contribution < 1.29 is 19.4 Å². The Balaban J connectivity index is 2.62. The summed E-state index contributed by atoms with van der Waals surface area (Å²) in [6.07, 6.45) is 0.0955. The molecule has 0 aliphatic rings. The van der Waals surface area contributed by atoms with Gasteiger partial charge >= 0.3 is 5.97 Å². The highest BCUT2D eigenvalue weighted by Gasteiger charge is 2.32. The molecule has 0 bridgehead atoms. The number of esters is 1. The molecule has 2 unspecified atom stereocenters. The number of benzene rings is 1. The van der Waals surface area contributed by atoms with Crippen LogP contribution in [0.15, 0.2) is 24.3 Å². The molecule has 2 atom stereocenters. The summed E-state index contributed by atoms with van der Waals surface area (Å²) in [5.41, 5.74) is 5.66. The number of ether oxygens (including phenoxy) is 2. The Morgan fingerprint density at radius 2 is 2.20 bits per heavy atom. The van der Waals surface area contributed by atoms with Gasteiger partial charge in [-0.1, -0.05) is 12.1 Å². The molecule has 0 heterocycles. The van der Waals surface area contributed by atoms with E-state index in [4.69, 9.17) is 20.3 Å². The van der Waals surface area contributed by atoms with E-state index in [1.807, 2.05) is 13.0 Å². The van der Waals surface area contributed by atoms with Gasteiger partial charge in [0.25, 0.3) is 0 Å². The molecule has 0 amide bonds. The number of hydrogen-bond acceptors (Lipinski definition) is 5. The average Bonchev–Trinajstić information content (AvgIpc) is 2.38. The van der Waals surface area contributed by atoms with Crippen LogP contribution in [0, 0.1) is 0 Å². The summed E-state index contributed by atoms with van der Waals surface area (Å²) in [6, 6.07) is 7.17. The number of aliphatic hydroxyl groups excluding tert-OH is 1. The molecule has 112 valence electrons. The number of carbonyl (C=O) groups is 1. The Labute approximate surface area is 119 Å². The second kappa shape index (κ2) is 7.26. The fourth-order valence-corrected chi connectivity index (χ4v) is 1.97. The van der Waals surface area contributed by atoms with Gasteiger partial charge in [-0.05, 0) is 38.5 Å². The van der Waals surface area contributed by atoms with E-state index in [0.29, 0.717) is 18.8 Å². The molecular formula is C15H23NO4. The molecule has 0 aliphatic carbocycles. The first-order valence-corrected chi connectivity index (χ1v) is 6.71. The molecule has 1 rings (SSSR count). The number of carbonyl (C=O) groups excluding carboxylic acids is 1. The summed E-state index contributed by atoms with van der Waals surface area (Å²) in [7, 11) is 0. The average molecular weight is 281 g/mol. The largest absolute Gasteiger partial charge is 0.491 e. The van der Waals surface area contributed by atoms with Crippen molar-refractivity contribution in [3.8, 4) is 5.75 Å². The van der Waals surface area contributed by atoms with Gasteiger partial charge in [-0.3, -0.25) is 4.79 Å². The van der Waals surface area contributed by atoms with Gasteiger partial charge in [0.05, 0.1) is 19.3 Å². The molecule has 0 fully saturated rings. The van der Waals surface area contributed by atoms with Crippen LogP contribution in [-0.2, 0) is 16.1 Å². The fraction of sp³-hybridized carbons (Fsp3) is 0.533. The molecular weight excluding hydrogens is 258 g/mol. The SMILES string of the molecule is CCOC(=O)C(C)(N)CC(C)Oc1cccc(CO)c1. The third-order valence-electron chi connectivity index (χ3n) is 2.87. The zero-order chi connectivity index (χ0) is 15.2. The van der Waals surface area contributed by atoms with E-state index in [-0.39, 0.29) is 12.7 Å². The topological polar surface area (TPSA) is 81.8 Å². The fourth-order valence-electron chi connectivity index (χ4n) is 1.97. The minimum absolute atomic E-state index is 0.0387. The number of nitrogens with two attached hydrogens (primary N) is 1. The lowest BCUT2D eigenvalue weighted by Crippen LogP contribution is -2.49. The molecule has 1 aromatic rings. The van der Waals surface area contributed by atoms with Crippen molar-refractivity contribution in [2.45, 2.75) is 45.4 Å². The highest BCUT2D eigenvalue weighted by molar-refractivity contribution is 5.80. The summed E-state index contributed by atoms with van der Waals surface area (Å²) in [4.78, 5) is 11.7. The maximum Gasteiger partial charge on any atom is 0.325 e. The Kier molecular flexibility index (Phi) is 5.98. The van der Waals surface area contributed by atoms with Crippen LogP contribution in [0.25, 0.3) is 0 Å². The lowest BCUT2D eigenvalue weighted by atomic mass is 9.96. The second-order valence-electron chi connectivity index (χ2n) is 5.08. The van der Waals surface area contributed by atoms with Crippen molar-refractivity contribution in [1.29, 1.82) is 0 Å². The van der Waals surface area contributed by atoms with Crippen LogP contribution in [0.1, 0.15) is 32.8 Å². The summed E-state index contributed by atoms with van der Waals surface area (Å²) < 4.78 is 10.7. The van der Waals surface area contributed by atoms with Gasteiger partial charge in [-0.2, -0.15) is 0 Å². The van der Waals surface area contributed by atoms with Crippen molar-refractivity contribution in [2.24, 2.45) is 5.73 Å². The van der Waals surface area contributed by atoms with E-state index < -0.39 is 11.5 Å². The molecule has 3 N–H and O–H groups in total. The maximum absolute atomic E-state index is 11.7. The van der Waals surface area contributed by atoms with Crippen molar-refractivity contribution in [3.05, 3.63) is 29.8 Å². The summed E-state index contributed by atoms with van der Waals surface area (Å²) in [5.74, 6) is 0.211. The minimum Gasteiger partial charge on any atom is -0.491 e. The normalized spacial score (nSPS) is 15.2. The Bertz CT molecular complexity index is 445. The van der Waals surface area contributed by atoms with E-state index in [1.165, 1.54) is 0 Å². The van der Waals surface area contributed by atoms with E-state index in [0.717, 1.165) is 5.56 Å². The van der Waals surface area contributed by atoms with Gasteiger partial charge in [0.2, 0.25) is 0 Å². The molecule has 0 spiro atoms. The predicted molar refractivity (Wildman–Crippen MR) is 76.3 cm³/mol. The van der Waals surface area contributed by atoms with Crippen LogP contribution in [0.4, 0.5) is 0 Å². The van der Waals surface area contributed by atoms with Gasteiger partial charge in [0.1, 0.15) is 11.3 Å². The van der Waals surface area contributed by atoms with Crippen LogP contribution in [0.2, 0.25) is 0 Å². The van der Waals surface area contributed by atoms with E-state index in [1.54, 1.807) is 32.0 Å². The lowest BCUT2D eigenvalue weighted by Gasteiger charge is -2.26. The van der Waals surface area contributed by atoms with Gasteiger partial charge in [0, 0.05) is 6.42 Å². The third kappa shape index (κ3) is 4.83. The zero-order valence-corrected chi connectivity index (χ0v) is 12.3. The van der Waals surface area contributed by atoms with E-state index in [9.17, 15) is 4.79 Å². The number of rotatable bonds is 7. The van der Waals surface area contributed by atoms with E-state index >= 15 is 0 Å². The van der Waals surface area contributed by atoms with Crippen LogP contribution in [0.3, 0.4) is 0 Å². The lowest BCUT2D eigenvalue weighted by molar-refractivity contribution is -0.149. The van der Waals surface area contributed by atoms with Gasteiger partial charge in [-0.25, -0.2) is 0 Å². The maximum atomic E-state index is 11.7. The predicted octanol–water partition coefficient (Wildman–Crippen LogP) is 1.62. The highest BCUT2D eigenvalue weighted by Crippen LogP contribution is 2.19. The Hall–Kier alpha value is -1.59. The summed E-state index contributed by atoms with van der Waals surface area (Å²) in [5, 5.41) is 9.08. The first-order chi connectivity index (χ1) is 9.39. The summed E-state index contributed by atoms with van der Waals surface area (Å²) in [6.45, 7) is 5.49.